The minimum absolute atomic E-state index is 0.276. The van der Waals surface area contributed by atoms with Crippen molar-refractivity contribution in [3.63, 3.8) is 0 Å². The van der Waals surface area contributed by atoms with Crippen molar-refractivity contribution in [1.29, 1.82) is 0 Å². The molecule has 0 fully saturated rings. The van der Waals surface area contributed by atoms with E-state index in [4.69, 9.17) is 0 Å². The van der Waals surface area contributed by atoms with Gasteiger partial charge in [0.15, 0.2) is 0 Å². The summed E-state index contributed by atoms with van der Waals surface area (Å²) in [6, 6.07) is 18.0. The molecule has 2 aromatic carbocycles. The van der Waals surface area contributed by atoms with Gasteiger partial charge in [-0.1, -0.05) is 54.6 Å². The number of ketones is 1. The first-order valence-corrected chi connectivity index (χ1v) is 10.9. The number of sulfonamides is 1. The number of halogens is 3. The number of hydrogen-bond acceptors (Lipinski definition) is 5. The third kappa shape index (κ3) is 5.33. The summed E-state index contributed by atoms with van der Waals surface area (Å²) >= 11 is 0.276. The highest BCUT2D eigenvalue weighted by Gasteiger charge is 2.40. The number of alkyl halides is 3. The van der Waals surface area contributed by atoms with Gasteiger partial charge >= 0.3 is 6.18 Å². The standard InChI is InChI=1S/C20H14F3NO4S2/c21-20(22,23)18(25)16-10-11-17(29-16)19(26)24-30(27,28)12-13-6-8-15(9-7-13)14-4-2-1-3-5-14/h1-11H,12H2,(H,24,26). The number of thiophene rings is 1. The minimum Gasteiger partial charge on any atom is -0.283 e. The number of carbonyl (C=O) groups excluding carboxylic acids is 2. The van der Waals surface area contributed by atoms with Crippen LogP contribution < -0.4 is 4.72 Å². The predicted molar refractivity (Wildman–Crippen MR) is 107 cm³/mol. The Bertz CT molecular complexity index is 1170. The highest BCUT2D eigenvalue weighted by Crippen LogP contribution is 2.26. The van der Waals surface area contributed by atoms with Gasteiger partial charge in [0, 0.05) is 0 Å². The molecule has 30 heavy (non-hydrogen) atoms. The summed E-state index contributed by atoms with van der Waals surface area (Å²) in [5, 5.41) is 0. The van der Waals surface area contributed by atoms with Crippen LogP contribution >= 0.6 is 11.3 Å². The summed E-state index contributed by atoms with van der Waals surface area (Å²) in [5.41, 5.74) is 2.28. The zero-order valence-corrected chi connectivity index (χ0v) is 16.8. The van der Waals surface area contributed by atoms with Crippen LogP contribution in [-0.4, -0.2) is 26.3 Å². The Morgan fingerprint density at radius 3 is 2.00 bits per heavy atom. The van der Waals surface area contributed by atoms with Crippen LogP contribution in [0.3, 0.4) is 0 Å². The summed E-state index contributed by atoms with van der Waals surface area (Å²) < 4.78 is 63.7. The van der Waals surface area contributed by atoms with E-state index in [1.54, 1.807) is 24.3 Å². The van der Waals surface area contributed by atoms with Crippen molar-refractivity contribution < 1.29 is 31.2 Å². The number of rotatable bonds is 6. The molecule has 0 aliphatic rings. The number of amides is 1. The Hall–Kier alpha value is -2.98. The SMILES string of the molecule is O=C(NS(=O)(=O)Cc1ccc(-c2ccccc2)cc1)c1ccc(C(=O)C(F)(F)F)s1. The molecule has 10 heteroatoms. The van der Waals surface area contributed by atoms with Crippen molar-refractivity contribution in [3.8, 4) is 11.1 Å². The first-order valence-electron chi connectivity index (χ1n) is 8.46. The molecule has 3 aromatic rings. The van der Waals surface area contributed by atoms with E-state index in [9.17, 15) is 31.2 Å². The zero-order chi connectivity index (χ0) is 21.9. The fourth-order valence-corrected chi connectivity index (χ4v) is 4.61. The lowest BCUT2D eigenvalue weighted by Crippen LogP contribution is -2.31. The highest BCUT2D eigenvalue weighted by atomic mass is 32.2. The van der Waals surface area contributed by atoms with Gasteiger partial charge in [0.1, 0.15) is 0 Å². The number of hydrogen-bond donors (Lipinski definition) is 1. The molecule has 0 bridgehead atoms. The van der Waals surface area contributed by atoms with E-state index in [1.807, 2.05) is 35.1 Å². The van der Waals surface area contributed by atoms with Gasteiger partial charge < -0.3 is 0 Å². The maximum Gasteiger partial charge on any atom is 0.455 e. The molecule has 5 nitrogen and oxygen atoms in total. The molecule has 0 saturated heterocycles. The summed E-state index contributed by atoms with van der Waals surface area (Å²) in [6.07, 6.45) is -5.07. The van der Waals surface area contributed by atoms with Crippen molar-refractivity contribution in [2.24, 2.45) is 0 Å². The molecule has 156 valence electrons. The molecule has 1 N–H and O–H groups in total. The lowest BCUT2D eigenvalue weighted by Gasteiger charge is -2.07. The molecule has 3 rings (SSSR count). The van der Waals surface area contributed by atoms with E-state index in [0.717, 1.165) is 23.3 Å². The Kier molecular flexibility index (Phi) is 6.09. The van der Waals surface area contributed by atoms with Crippen LogP contribution in [0.4, 0.5) is 13.2 Å². The monoisotopic (exact) mass is 453 g/mol. The van der Waals surface area contributed by atoms with Crippen LogP contribution in [-0.2, 0) is 15.8 Å². The molecule has 1 heterocycles. The van der Waals surface area contributed by atoms with Gasteiger partial charge in [-0.05, 0) is 28.8 Å². The highest BCUT2D eigenvalue weighted by molar-refractivity contribution is 7.89. The van der Waals surface area contributed by atoms with E-state index >= 15 is 0 Å². The Balaban J connectivity index is 1.67. The van der Waals surface area contributed by atoms with Crippen LogP contribution in [0.2, 0.25) is 0 Å². The van der Waals surface area contributed by atoms with Crippen LogP contribution in [0.15, 0.2) is 66.7 Å². The molecule has 0 unspecified atom stereocenters. The molecule has 0 atom stereocenters. The van der Waals surface area contributed by atoms with E-state index in [2.05, 4.69) is 0 Å². The molecule has 1 amide bonds. The number of Topliss-reactive ketones (excluding diaryl/α,β-unsaturated/α-hetero) is 1. The average molecular weight is 453 g/mol. The van der Waals surface area contributed by atoms with E-state index in [-0.39, 0.29) is 16.2 Å². The Labute approximate surface area is 174 Å². The fraction of sp³-hybridized carbons (Fsp3) is 0.100. The summed E-state index contributed by atoms with van der Waals surface area (Å²) in [7, 11) is -4.10. The summed E-state index contributed by atoms with van der Waals surface area (Å²) in [5.74, 6) is -3.68. The van der Waals surface area contributed by atoms with E-state index < -0.39 is 38.5 Å². The van der Waals surface area contributed by atoms with Crippen molar-refractivity contribution in [3.05, 3.63) is 82.0 Å². The third-order valence-corrected chi connectivity index (χ3v) is 6.27. The van der Waals surface area contributed by atoms with E-state index in [1.165, 1.54) is 0 Å². The van der Waals surface area contributed by atoms with Crippen molar-refractivity contribution >= 4 is 33.1 Å². The normalized spacial score (nSPS) is 11.8. The molecular formula is C20H14F3NO4S2. The van der Waals surface area contributed by atoms with Crippen molar-refractivity contribution in [2.45, 2.75) is 11.9 Å². The summed E-state index contributed by atoms with van der Waals surface area (Å²) in [4.78, 5) is 22.3. The average Bonchev–Trinajstić information content (AvgIpc) is 3.17. The maximum absolute atomic E-state index is 12.5. The Morgan fingerprint density at radius 1 is 0.833 bits per heavy atom. The molecule has 0 aliphatic carbocycles. The Morgan fingerprint density at radius 2 is 1.40 bits per heavy atom. The molecule has 0 saturated carbocycles. The minimum atomic E-state index is -5.07. The van der Waals surface area contributed by atoms with Crippen LogP contribution in [0.1, 0.15) is 24.9 Å². The second-order valence-electron chi connectivity index (χ2n) is 6.24. The topological polar surface area (TPSA) is 80.3 Å². The smallest absolute Gasteiger partial charge is 0.283 e. The van der Waals surface area contributed by atoms with Crippen molar-refractivity contribution in [1.82, 2.24) is 4.72 Å². The number of nitrogens with one attached hydrogen (secondary N) is 1. The lowest BCUT2D eigenvalue weighted by atomic mass is 10.0. The summed E-state index contributed by atoms with van der Waals surface area (Å²) in [6.45, 7) is 0. The van der Waals surface area contributed by atoms with Crippen LogP contribution in [0.25, 0.3) is 11.1 Å². The van der Waals surface area contributed by atoms with Gasteiger partial charge in [-0.15, -0.1) is 11.3 Å². The van der Waals surface area contributed by atoms with Gasteiger partial charge in [-0.25, -0.2) is 13.1 Å². The zero-order valence-electron chi connectivity index (χ0n) is 15.1. The van der Waals surface area contributed by atoms with Gasteiger partial charge in [-0.3, -0.25) is 9.59 Å². The largest absolute Gasteiger partial charge is 0.455 e. The maximum atomic E-state index is 12.5. The fourth-order valence-electron chi connectivity index (χ4n) is 2.59. The van der Waals surface area contributed by atoms with Gasteiger partial charge in [0.2, 0.25) is 10.0 Å². The number of benzene rings is 2. The van der Waals surface area contributed by atoms with E-state index in [0.29, 0.717) is 5.56 Å². The van der Waals surface area contributed by atoms with Crippen LogP contribution in [0.5, 0.6) is 0 Å². The second-order valence-corrected chi connectivity index (χ2v) is 9.05. The van der Waals surface area contributed by atoms with Crippen LogP contribution in [0, 0.1) is 0 Å². The first-order chi connectivity index (χ1) is 14.0. The second kappa shape index (κ2) is 8.41. The molecule has 0 radical (unpaired) electrons. The van der Waals surface area contributed by atoms with Gasteiger partial charge in [0.05, 0.1) is 15.5 Å². The predicted octanol–water partition coefficient (Wildman–Crippen LogP) is 4.42. The lowest BCUT2D eigenvalue weighted by molar-refractivity contribution is -0.0882. The van der Waals surface area contributed by atoms with Gasteiger partial charge in [-0.2, -0.15) is 13.2 Å². The molecule has 1 aromatic heterocycles. The van der Waals surface area contributed by atoms with Crippen molar-refractivity contribution in [2.75, 3.05) is 0 Å². The van der Waals surface area contributed by atoms with Gasteiger partial charge in [0.25, 0.3) is 11.7 Å². The molecular weight excluding hydrogens is 439 g/mol. The molecule has 0 spiro atoms. The third-order valence-electron chi connectivity index (χ3n) is 3.98. The quantitative estimate of drug-likeness (QED) is 0.561. The first kappa shape index (κ1) is 21.7. The number of carbonyl (C=O) groups is 2. The molecule has 0 aliphatic heterocycles.